The molecule has 6 heteroatoms. The van der Waals surface area contributed by atoms with Crippen molar-refractivity contribution in [2.45, 2.75) is 19.8 Å². The standard InChI is InChI=1S/C15H15ClN4S/c1-10-18-13(12-14(19-10)21-15(16)20-12)17-9-5-8-11-6-3-2-4-7-11/h2-4,6-7H,5,8-9H2,1H3,(H,17,18,19). The van der Waals surface area contributed by atoms with E-state index in [0.29, 0.717) is 4.47 Å². The van der Waals surface area contributed by atoms with Gasteiger partial charge in [0, 0.05) is 6.54 Å². The van der Waals surface area contributed by atoms with E-state index >= 15 is 0 Å². The summed E-state index contributed by atoms with van der Waals surface area (Å²) in [5.41, 5.74) is 2.11. The lowest BCUT2D eigenvalue weighted by Crippen LogP contribution is -2.06. The van der Waals surface area contributed by atoms with Crippen LogP contribution in [-0.4, -0.2) is 21.5 Å². The minimum Gasteiger partial charge on any atom is -0.368 e. The van der Waals surface area contributed by atoms with Gasteiger partial charge in [0.1, 0.15) is 11.3 Å². The normalized spacial score (nSPS) is 11.0. The molecule has 0 atom stereocenters. The molecule has 0 bridgehead atoms. The van der Waals surface area contributed by atoms with Crippen LogP contribution >= 0.6 is 22.9 Å². The molecule has 4 nitrogen and oxygen atoms in total. The summed E-state index contributed by atoms with van der Waals surface area (Å²) in [5.74, 6) is 1.50. The summed E-state index contributed by atoms with van der Waals surface area (Å²) in [4.78, 5) is 13.9. The molecule has 0 radical (unpaired) electrons. The minimum absolute atomic E-state index is 0.497. The van der Waals surface area contributed by atoms with Gasteiger partial charge in [-0.3, -0.25) is 0 Å². The number of hydrogen-bond acceptors (Lipinski definition) is 5. The number of fused-ring (bicyclic) bond motifs is 1. The molecule has 0 saturated carbocycles. The van der Waals surface area contributed by atoms with E-state index in [1.807, 2.05) is 13.0 Å². The number of hydrogen-bond donors (Lipinski definition) is 1. The molecule has 3 rings (SSSR count). The van der Waals surface area contributed by atoms with Gasteiger partial charge in [-0.25, -0.2) is 15.0 Å². The largest absolute Gasteiger partial charge is 0.368 e. The summed E-state index contributed by atoms with van der Waals surface area (Å²) in [6.45, 7) is 2.72. The second kappa shape index (κ2) is 6.37. The van der Waals surface area contributed by atoms with Gasteiger partial charge in [0.15, 0.2) is 15.1 Å². The molecule has 108 valence electrons. The third-order valence-corrected chi connectivity index (χ3v) is 4.18. The first-order chi connectivity index (χ1) is 10.2. The topological polar surface area (TPSA) is 50.7 Å². The van der Waals surface area contributed by atoms with Crippen molar-refractivity contribution in [3.8, 4) is 0 Å². The van der Waals surface area contributed by atoms with Crippen LogP contribution in [0.2, 0.25) is 4.47 Å². The fourth-order valence-electron chi connectivity index (χ4n) is 2.17. The zero-order chi connectivity index (χ0) is 14.7. The fourth-order valence-corrected chi connectivity index (χ4v) is 3.19. The highest BCUT2D eigenvalue weighted by Crippen LogP contribution is 2.28. The predicted octanol–water partition coefficient (Wildman–Crippen LogP) is 4.09. The van der Waals surface area contributed by atoms with Crippen LogP contribution in [0, 0.1) is 6.92 Å². The molecule has 0 unspecified atom stereocenters. The first-order valence-electron chi connectivity index (χ1n) is 6.81. The van der Waals surface area contributed by atoms with E-state index in [2.05, 4.69) is 44.5 Å². The highest BCUT2D eigenvalue weighted by molar-refractivity contribution is 7.21. The minimum atomic E-state index is 0.497. The lowest BCUT2D eigenvalue weighted by atomic mass is 10.1. The highest BCUT2D eigenvalue weighted by Gasteiger charge is 2.10. The maximum Gasteiger partial charge on any atom is 0.186 e. The van der Waals surface area contributed by atoms with Crippen LogP contribution in [0.5, 0.6) is 0 Å². The van der Waals surface area contributed by atoms with Crippen LogP contribution < -0.4 is 5.32 Å². The Labute approximate surface area is 132 Å². The Hall–Kier alpha value is -1.72. The van der Waals surface area contributed by atoms with E-state index in [4.69, 9.17) is 11.6 Å². The smallest absolute Gasteiger partial charge is 0.186 e. The van der Waals surface area contributed by atoms with Crippen molar-refractivity contribution in [3.05, 3.63) is 46.2 Å². The number of nitrogens with zero attached hydrogens (tertiary/aromatic N) is 3. The van der Waals surface area contributed by atoms with Crippen molar-refractivity contribution in [1.29, 1.82) is 0 Å². The molecule has 0 aliphatic rings. The average Bonchev–Trinajstić information content (AvgIpc) is 2.84. The highest BCUT2D eigenvalue weighted by atomic mass is 35.5. The summed E-state index contributed by atoms with van der Waals surface area (Å²) in [6, 6.07) is 10.5. The van der Waals surface area contributed by atoms with E-state index in [9.17, 15) is 0 Å². The van der Waals surface area contributed by atoms with Gasteiger partial charge in [0.2, 0.25) is 0 Å². The SMILES string of the molecule is Cc1nc(NCCCc2ccccc2)c2nc(Cl)sc2n1. The average molecular weight is 319 g/mol. The van der Waals surface area contributed by atoms with Crippen LogP contribution in [-0.2, 0) is 6.42 Å². The van der Waals surface area contributed by atoms with Crippen molar-refractivity contribution >= 4 is 39.1 Å². The van der Waals surface area contributed by atoms with Crippen molar-refractivity contribution in [2.24, 2.45) is 0 Å². The molecular weight excluding hydrogens is 304 g/mol. The Balaban J connectivity index is 1.65. The van der Waals surface area contributed by atoms with E-state index in [-0.39, 0.29) is 0 Å². The Bertz CT molecular complexity index is 742. The van der Waals surface area contributed by atoms with Crippen molar-refractivity contribution in [3.63, 3.8) is 0 Å². The molecule has 0 amide bonds. The zero-order valence-corrected chi connectivity index (χ0v) is 13.2. The van der Waals surface area contributed by atoms with Crippen LogP contribution in [0.1, 0.15) is 17.8 Å². The van der Waals surface area contributed by atoms with Gasteiger partial charge in [0.05, 0.1) is 0 Å². The first kappa shape index (κ1) is 14.2. The third-order valence-electron chi connectivity index (χ3n) is 3.12. The number of aryl methyl sites for hydroxylation is 2. The second-order valence-electron chi connectivity index (χ2n) is 4.76. The Morgan fingerprint density at radius 3 is 2.76 bits per heavy atom. The molecular formula is C15H15ClN4S. The molecule has 3 aromatic rings. The summed E-state index contributed by atoms with van der Waals surface area (Å²) in [6.07, 6.45) is 2.07. The number of rotatable bonds is 5. The molecule has 2 heterocycles. The molecule has 0 fully saturated rings. The van der Waals surface area contributed by atoms with Gasteiger partial charge in [0.25, 0.3) is 0 Å². The molecule has 1 aromatic carbocycles. The van der Waals surface area contributed by atoms with E-state index in [1.165, 1.54) is 16.9 Å². The molecule has 0 saturated heterocycles. The summed E-state index contributed by atoms with van der Waals surface area (Å²) < 4.78 is 0.497. The first-order valence-corrected chi connectivity index (χ1v) is 8.00. The molecule has 21 heavy (non-hydrogen) atoms. The predicted molar refractivity (Wildman–Crippen MR) is 88.2 cm³/mol. The van der Waals surface area contributed by atoms with Crippen LogP contribution in [0.4, 0.5) is 5.82 Å². The molecule has 0 aliphatic heterocycles. The number of nitrogens with one attached hydrogen (secondary N) is 1. The van der Waals surface area contributed by atoms with Gasteiger partial charge in [-0.05, 0) is 25.3 Å². The number of aromatic nitrogens is 3. The third kappa shape index (κ3) is 3.49. The zero-order valence-electron chi connectivity index (χ0n) is 11.6. The Morgan fingerprint density at radius 2 is 1.95 bits per heavy atom. The van der Waals surface area contributed by atoms with Gasteiger partial charge in [-0.1, -0.05) is 53.3 Å². The molecule has 2 aromatic heterocycles. The van der Waals surface area contributed by atoms with Crippen molar-refractivity contribution in [1.82, 2.24) is 15.0 Å². The van der Waals surface area contributed by atoms with Gasteiger partial charge < -0.3 is 5.32 Å². The van der Waals surface area contributed by atoms with E-state index < -0.39 is 0 Å². The maximum absolute atomic E-state index is 5.96. The number of thiazole rings is 1. The maximum atomic E-state index is 5.96. The van der Waals surface area contributed by atoms with Crippen molar-refractivity contribution in [2.75, 3.05) is 11.9 Å². The molecule has 0 spiro atoms. The summed E-state index contributed by atoms with van der Waals surface area (Å²) in [5, 5.41) is 3.35. The molecule has 0 aliphatic carbocycles. The van der Waals surface area contributed by atoms with Crippen LogP contribution in [0.15, 0.2) is 30.3 Å². The lowest BCUT2D eigenvalue weighted by Gasteiger charge is -2.07. The fraction of sp³-hybridized carbons (Fsp3) is 0.267. The van der Waals surface area contributed by atoms with Crippen molar-refractivity contribution < 1.29 is 0 Å². The van der Waals surface area contributed by atoms with Gasteiger partial charge in [-0.2, -0.15) is 0 Å². The van der Waals surface area contributed by atoms with Gasteiger partial charge >= 0.3 is 0 Å². The lowest BCUT2D eigenvalue weighted by molar-refractivity contribution is 0.858. The van der Waals surface area contributed by atoms with Crippen LogP contribution in [0.25, 0.3) is 10.3 Å². The number of benzene rings is 1. The quantitative estimate of drug-likeness (QED) is 0.720. The number of halogens is 1. The van der Waals surface area contributed by atoms with Gasteiger partial charge in [-0.15, -0.1) is 0 Å². The molecule has 1 N–H and O–H groups in total. The Morgan fingerprint density at radius 1 is 1.14 bits per heavy atom. The Kier molecular flexibility index (Phi) is 4.31. The summed E-state index contributed by atoms with van der Waals surface area (Å²) in [7, 11) is 0. The number of anilines is 1. The van der Waals surface area contributed by atoms with E-state index in [1.54, 1.807) is 0 Å². The van der Waals surface area contributed by atoms with Crippen LogP contribution in [0.3, 0.4) is 0 Å². The monoisotopic (exact) mass is 318 g/mol. The van der Waals surface area contributed by atoms with E-state index in [0.717, 1.165) is 41.4 Å². The summed E-state index contributed by atoms with van der Waals surface area (Å²) >= 11 is 7.34. The second-order valence-corrected chi connectivity index (χ2v) is 6.32.